The minimum absolute atomic E-state index is 0.0500. The lowest BCUT2D eigenvalue weighted by Crippen LogP contribution is -2.33. The second-order valence-electron chi connectivity index (χ2n) is 3.55. The molecule has 0 aliphatic heterocycles. The molecule has 0 radical (unpaired) electrons. The van der Waals surface area contributed by atoms with Crippen molar-refractivity contribution in [2.45, 2.75) is 24.9 Å². The van der Waals surface area contributed by atoms with Gasteiger partial charge in [-0.25, -0.2) is 0 Å². The lowest BCUT2D eigenvalue weighted by Gasteiger charge is -2.12. The van der Waals surface area contributed by atoms with E-state index in [9.17, 15) is 0 Å². The zero-order valence-electron chi connectivity index (χ0n) is 7.22. The Hall–Kier alpha value is 0.100. The van der Waals surface area contributed by atoms with E-state index in [0.717, 1.165) is 23.2 Å². The van der Waals surface area contributed by atoms with Crippen LogP contribution in [0.1, 0.15) is 18.4 Å². The van der Waals surface area contributed by atoms with Crippen LogP contribution in [0.4, 0.5) is 0 Å². The van der Waals surface area contributed by atoms with Gasteiger partial charge in [0.2, 0.25) is 0 Å². The second-order valence-corrected chi connectivity index (χ2v) is 5.84. The van der Waals surface area contributed by atoms with Crippen LogP contribution in [0.3, 0.4) is 0 Å². The average Bonchev–Trinajstić information content (AvgIpc) is 2.81. The normalized spacial score (nSPS) is 18.9. The summed E-state index contributed by atoms with van der Waals surface area (Å²) < 4.78 is 1.16. The standard InChI is InChI=1S/C9H12BrNOS/c10-8-3-7(5-13-8)4-11-9(6-12)1-2-9/h3,5,11-12H,1-2,4,6H2. The molecule has 4 heteroatoms. The maximum absolute atomic E-state index is 9.07. The molecule has 0 spiro atoms. The number of rotatable bonds is 4. The smallest absolute Gasteiger partial charge is 0.0701 e. The fraction of sp³-hybridized carbons (Fsp3) is 0.556. The van der Waals surface area contributed by atoms with Crippen LogP contribution in [-0.2, 0) is 6.54 Å². The van der Waals surface area contributed by atoms with Gasteiger partial charge in [0.05, 0.1) is 10.4 Å². The quantitative estimate of drug-likeness (QED) is 0.871. The van der Waals surface area contributed by atoms with Gasteiger partial charge in [-0.2, -0.15) is 0 Å². The van der Waals surface area contributed by atoms with Gasteiger partial charge in [0.1, 0.15) is 0 Å². The Balaban J connectivity index is 1.86. The highest BCUT2D eigenvalue weighted by Crippen LogP contribution is 2.35. The third-order valence-corrected chi connectivity index (χ3v) is 4.00. The van der Waals surface area contributed by atoms with Crippen LogP contribution in [0, 0.1) is 0 Å². The molecular weight excluding hydrogens is 250 g/mol. The maximum Gasteiger partial charge on any atom is 0.0701 e. The number of thiophene rings is 1. The van der Waals surface area contributed by atoms with E-state index >= 15 is 0 Å². The molecule has 2 nitrogen and oxygen atoms in total. The molecule has 13 heavy (non-hydrogen) atoms. The molecule has 0 amide bonds. The molecule has 1 aliphatic carbocycles. The van der Waals surface area contributed by atoms with Crippen LogP contribution in [0.15, 0.2) is 15.2 Å². The van der Waals surface area contributed by atoms with Gasteiger partial charge in [0.25, 0.3) is 0 Å². The summed E-state index contributed by atoms with van der Waals surface area (Å²) in [6.45, 7) is 1.13. The molecule has 1 fully saturated rings. The van der Waals surface area contributed by atoms with Gasteiger partial charge in [0.15, 0.2) is 0 Å². The van der Waals surface area contributed by atoms with Crippen LogP contribution in [0.25, 0.3) is 0 Å². The highest BCUT2D eigenvalue weighted by Gasteiger charge is 2.41. The molecule has 0 atom stereocenters. The predicted molar refractivity (Wildman–Crippen MR) is 57.9 cm³/mol. The lowest BCUT2D eigenvalue weighted by molar-refractivity contribution is 0.229. The molecule has 1 heterocycles. The monoisotopic (exact) mass is 261 g/mol. The number of hydrogen-bond donors (Lipinski definition) is 2. The predicted octanol–water partition coefficient (Wildman–Crippen LogP) is 2.13. The first-order chi connectivity index (χ1) is 6.24. The van der Waals surface area contributed by atoms with Gasteiger partial charge in [-0.3, -0.25) is 0 Å². The number of aliphatic hydroxyl groups excluding tert-OH is 1. The number of nitrogens with one attached hydrogen (secondary N) is 1. The summed E-state index contributed by atoms with van der Waals surface area (Å²) in [6, 6.07) is 2.12. The summed E-state index contributed by atoms with van der Waals surface area (Å²) in [5.74, 6) is 0. The Labute approximate surface area is 90.1 Å². The first-order valence-electron chi connectivity index (χ1n) is 4.33. The Kier molecular flexibility index (Phi) is 2.74. The molecule has 72 valence electrons. The summed E-state index contributed by atoms with van der Waals surface area (Å²) in [4.78, 5) is 0. The van der Waals surface area contributed by atoms with E-state index in [-0.39, 0.29) is 12.1 Å². The van der Waals surface area contributed by atoms with Crippen molar-refractivity contribution in [2.75, 3.05) is 6.61 Å². The van der Waals surface area contributed by atoms with Gasteiger partial charge in [-0.05, 0) is 45.8 Å². The van der Waals surface area contributed by atoms with Crippen molar-refractivity contribution >= 4 is 27.3 Å². The fourth-order valence-electron chi connectivity index (χ4n) is 1.27. The highest BCUT2D eigenvalue weighted by molar-refractivity contribution is 9.11. The van der Waals surface area contributed by atoms with Gasteiger partial charge in [0, 0.05) is 12.1 Å². The maximum atomic E-state index is 9.07. The molecule has 0 aromatic carbocycles. The third kappa shape index (κ3) is 2.31. The molecule has 2 rings (SSSR count). The topological polar surface area (TPSA) is 32.3 Å². The highest BCUT2D eigenvalue weighted by atomic mass is 79.9. The van der Waals surface area contributed by atoms with E-state index in [0.29, 0.717) is 0 Å². The van der Waals surface area contributed by atoms with Crippen LogP contribution in [0.5, 0.6) is 0 Å². The minimum Gasteiger partial charge on any atom is -0.394 e. The van der Waals surface area contributed by atoms with Crippen molar-refractivity contribution in [2.24, 2.45) is 0 Å². The molecule has 0 bridgehead atoms. The molecule has 1 aromatic heterocycles. The molecule has 0 saturated heterocycles. The number of hydrogen-bond acceptors (Lipinski definition) is 3. The van der Waals surface area contributed by atoms with Crippen molar-refractivity contribution < 1.29 is 5.11 Å². The molecule has 0 unspecified atom stereocenters. The molecule has 1 saturated carbocycles. The van der Waals surface area contributed by atoms with Crippen LogP contribution >= 0.6 is 27.3 Å². The Morgan fingerprint density at radius 1 is 1.62 bits per heavy atom. The fourth-order valence-corrected chi connectivity index (χ4v) is 2.48. The second kappa shape index (κ2) is 3.69. The Bertz CT molecular complexity index is 296. The third-order valence-electron chi connectivity index (χ3n) is 2.45. The first kappa shape index (κ1) is 9.65. The van der Waals surface area contributed by atoms with E-state index < -0.39 is 0 Å². The van der Waals surface area contributed by atoms with Gasteiger partial charge in [-0.1, -0.05) is 0 Å². The van der Waals surface area contributed by atoms with Crippen molar-refractivity contribution in [3.63, 3.8) is 0 Å². The summed E-state index contributed by atoms with van der Waals surface area (Å²) in [6.07, 6.45) is 2.21. The largest absolute Gasteiger partial charge is 0.394 e. The zero-order chi connectivity index (χ0) is 9.31. The summed E-state index contributed by atoms with van der Waals surface area (Å²) in [7, 11) is 0. The molecule has 1 aromatic rings. The summed E-state index contributed by atoms with van der Waals surface area (Å²) in [5, 5.41) is 14.6. The number of halogens is 1. The lowest BCUT2D eigenvalue weighted by atomic mass is 10.2. The Morgan fingerprint density at radius 2 is 2.38 bits per heavy atom. The van der Waals surface area contributed by atoms with Crippen LogP contribution < -0.4 is 5.32 Å². The summed E-state index contributed by atoms with van der Waals surface area (Å²) in [5.41, 5.74) is 1.34. The first-order valence-corrected chi connectivity index (χ1v) is 6.00. The van der Waals surface area contributed by atoms with Crippen molar-refractivity contribution in [1.82, 2.24) is 5.32 Å². The molecular formula is C9H12BrNOS. The summed E-state index contributed by atoms with van der Waals surface area (Å²) >= 11 is 5.12. The van der Waals surface area contributed by atoms with E-state index in [1.54, 1.807) is 11.3 Å². The van der Waals surface area contributed by atoms with Gasteiger partial charge < -0.3 is 10.4 Å². The van der Waals surface area contributed by atoms with Gasteiger partial charge in [-0.15, -0.1) is 11.3 Å². The van der Waals surface area contributed by atoms with E-state index in [2.05, 4.69) is 32.7 Å². The zero-order valence-corrected chi connectivity index (χ0v) is 9.62. The van der Waals surface area contributed by atoms with Crippen LogP contribution in [0.2, 0.25) is 0 Å². The molecule has 2 N–H and O–H groups in total. The SMILES string of the molecule is OCC1(NCc2csc(Br)c2)CC1. The number of aliphatic hydroxyl groups is 1. The molecule has 1 aliphatic rings. The van der Waals surface area contributed by atoms with Crippen molar-refractivity contribution in [1.29, 1.82) is 0 Å². The van der Waals surface area contributed by atoms with E-state index in [1.165, 1.54) is 5.56 Å². The van der Waals surface area contributed by atoms with E-state index in [1.807, 2.05) is 0 Å². The average molecular weight is 262 g/mol. The van der Waals surface area contributed by atoms with Crippen LogP contribution in [-0.4, -0.2) is 17.3 Å². The van der Waals surface area contributed by atoms with Crippen molar-refractivity contribution in [3.05, 3.63) is 20.8 Å². The Morgan fingerprint density at radius 3 is 2.85 bits per heavy atom. The van der Waals surface area contributed by atoms with Gasteiger partial charge >= 0.3 is 0 Å². The van der Waals surface area contributed by atoms with E-state index in [4.69, 9.17) is 5.11 Å². The van der Waals surface area contributed by atoms with Crippen molar-refractivity contribution in [3.8, 4) is 0 Å². The minimum atomic E-state index is 0.0500.